The second-order valence-electron chi connectivity index (χ2n) is 7.67. The van der Waals surface area contributed by atoms with Gasteiger partial charge in [0.05, 0.1) is 22.4 Å². The maximum atomic E-state index is 12.7. The topological polar surface area (TPSA) is 84.4 Å². The fraction of sp³-hybridized carbons (Fsp3) is 0.524. The number of likely N-dealkylation sites (tertiary alicyclic amines) is 1. The molecule has 1 aromatic heterocycles. The number of rotatable bonds is 3. The first-order valence-electron chi connectivity index (χ1n) is 9.97. The molecule has 1 atom stereocenters. The minimum Gasteiger partial charge on any atom is -0.368 e. The van der Waals surface area contributed by atoms with Crippen molar-refractivity contribution in [3.63, 3.8) is 0 Å². The summed E-state index contributed by atoms with van der Waals surface area (Å²) in [5, 5.41) is 3.10. The molecule has 0 radical (unpaired) electrons. The minimum atomic E-state index is -0.267. The third-order valence-corrected chi connectivity index (χ3v) is 5.68. The molecule has 0 aliphatic carbocycles. The normalized spacial score (nSPS) is 20.5. The molecule has 1 aromatic carbocycles. The Morgan fingerprint density at radius 1 is 1.07 bits per heavy atom. The third-order valence-electron chi connectivity index (χ3n) is 5.68. The lowest BCUT2D eigenvalue weighted by molar-refractivity contribution is -0.142. The van der Waals surface area contributed by atoms with Crippen LogP contribution in [-0.2, 0) is 9.53 Å². The molecule has 0 spiro atoms. The minimum absolute atomic E-state index is 0.0718. The van der Waals surface area contributed by atoms with Gasteiger partial charge in [0.15, 0.2) is 0 Å². The van der Waals surface area contributed by atoms with E-state index in [0.29, 0.717) is 25.3 Å². The van der Waals surface area contributed by atoms with E-state index in [4.69, 9.17) is 4.74 Å². The molecule has 3 heterocycles. The molecular weight excluding hydrogens is 356 g/mol. The number of nitrogens with zero attached hydrogens (tertiary/aromatic N) is 3. The van der Waals surface area contributed by atoms with Gasteiger partial charge in [-0.3, -0.25) is 9.59 Å². The Hall–Kier alpha value is -2.54. The smallest absolute Gasteiger partial charge is 0.251 e. The van der Waals surface area contributed by atoms with Crippen LogP contribution >= 0.6 is 0 Å². The Bertz CT molecular complexity index is 900. The van der Waals surface area contributed by atoms with E-state index in [2.05, 4.69) is 15.3 Å². The number of hydrogen-bond donors (Lipinski definition) is 1. The molecule has 148 valence electrons. The highest BCUT2D eigenvalue weighted by molar-refractivity contribution is 5.97. The Kier molecular flexibility index (Phi) is 5.26. The van der Waals surface area contributed by atoms with Crippen LogP contribution in [0.1, 0.15) is 47.4 Å². The summed E-state index contributed by atoms with van der Waals surface area (Å²) in [4.78, 5) is 36.0. The van der Waals surface area contributed by atoms with Crippen LogP contribution in [-0.4, -0.2) is 58.5 Å². The highest BCUT2D eigenvalue weighted by Crippen LogP contribution is 2.19. The maximum absolute atomic E-state index is 12.7. The monoisotopic (exact) mass is 382 g/mol. The fourth-order valence-electron chi connectivity index (χ4n) is 3.86. The molecule has 2 fully saturated rings. The molecular formula is C21H26N4O3. The molecule has 0 saturated carbocycles. The summed E-state index contributed by atoms with van der Waals surface area (Å²) in [5.41, 5.74) is 3.87. The van der Waals surface area contributed by atoms with E-state index in [1.807, 2.05) is 24.8 Å². The first kappa shape index (κ1) is 18.8. The SMILES string of the molecule is Cc1nc2ccc(C(=O)NC3CCN(C(=O)C4CCCO4)CC3)cc2nc1C. The molecule has 7 nitrogen and oxygen atoms in total. The molecule has 2 saturated heterocycles. The average Bonchev–Trinajstić information content (AvgIpc) is 3.23. The second kappa shape index (κ2) is 7.83. The molecule has 2 amide bonds. The quantitative estimate of drug-likeness (QED) is 0.879. The summed E-state index contributed by atoms with van der Waals surface area (Å²) in [7, 11) is 0. The third kappa shape index (κ3) is 3.85. The summed E-state index contributed by atoms with van der Waals surface area (Å²) in [6.07, 6.45) is 3.03. The van der Waals surface area contributed by atoms with E-state index in [-0.39, 0.29) is 24.0 Å². The lowest BCUT2D eigenvalue weighted by Crippen LogP contribution is -2.49. The summed E-state index contributed by atoms with van der Waals surface area (Å²) >= 11 is 0. The summed E-state index contributed by atoms with van der Waals surface area (Å²) < 4.78 is 5.50. The number of carbonyl (C=O) groups excluding carboxylic acids is 2. The van der Waals surface area contributed by atoms with E-state index in [1.54, 1.807) is 12.1 Å². The Morgan fingerprint density at radius 2 is 1.79 bits per heavy atom. The lowest BCUT2D eigenvalue weighted by Gasteiger charge is -2.33. The zero-order valence-electron chi connectivity index (χ0n) is 16.4. The first-order valence-corrected chi connectivity index (χ1v) is 9.97. The zero-order valence-corrected chi connectivity index (χ0v) is 16.4. The summed E-state index contributed by atoms with van der Waals surface area (Å²) in [5.74, 6) is -0.00752. The van der Waals surface area contributed by atoms with Gasteiger partial charge in [-0.15, -0.1) is 0 Å². The van der Waals surface area contributed by atoms with Crippen molar-refractivity contribution in [1.82, 2.24) is 20.2 Å². The van der Waals surface area contributed by atoms with Crippen LogP contribution in [0.5, 0.6) is 0 Å². The van der Waals surface area contributed by atoms with Gasteiger partial charge in [-0.25, -0.2) is 9.97 Å². The van der Waals surface area contributed by atoms with Crippen LogP contribution in [0.3, 0.4) is 0 Å². The highest BCUT2D eigenvalue weighted by Gasteiger charge is 2.31. The van der Waals surface area contributed by atoms with Gasteiger partial charge in [-0.05, 0) is 57.7 Å². The molecule has 0 bridgehead atoms. The molecule has 2 aliphatic heterocycles. The first-order chi connectivity index (χ1) is 13.5. The number of hydrogen-bond acceptors (Lipinski definition) is 5. The van der Waals surface area contributed by atoms with Crippen LogP contribution in [0.2, 0.25) is 0 Å². The van der Waals surface area contributed by atoms with Gasteiger partial charge in [-0.2, -0.15) is 0 Å². The van der Waals surface area contributed by atoms with Crippen molar-refractivity contribution < 1.29 is 14.3 Å². The van der Waals surface area contributed by atoms with Gasteiger partial charge in [0, 0.05) is 31.3 Å². The fourth-order valence-corrected chi connectivity index (χ4v) is 3.86. The van der Waals surface area contributed by atoms with Crippen molar-refractivity contribution >= 4 is 22.8 Å². The Balaban J connectivity index is 1.36. The molecule has 7 heteroatoms. The van der Waals surface area contributed by atoms with E-state index >= 15 is 0 Å². The van der Waals surface area contributed by atoms with Crippen molar-refractivity contribution in [2.24, 2.45) is 0 Å². The van der Waals surface area contributed by atoms with Gasteiger partial charge in [0.2, 0.25) is 0 Å². The van der Waals surface area contributed by atoms with Crippen LogP contribution in [0.15, 0.2) is 18.2 Å². The zero-order chi connectivity index (χ0) is 19.7. The summed E-state index contributed by atoms with van der Waals surface area (Å²) in [6.45, 7) is 5.84. The number of aryl methyl sites for hydroxylation is 2. The van der Waals surface area contributed by atoms with Gasteiger partial charge in [-0.1, -0.05) is 0 Å². The van der Waals surface area contributed by atoms with Gasteiger partial charge in [0.25, 0.3) is 11.8 Å². The molecule has 28 heavy (non-hydrogen) atoms. The highest BCUT2D eigenvalue weighted by atomic mass is 16.5. The molecule has 2 aromatic rings. The number of fused-ring (bicyclic) bond motifs is 1. The number of amides is 2. The molecule has 4 rings (SSSR count). The van der Waals surface area contributed by atoms with E-state index in [0.717, 1.165) is 48.1 Å². The van der Waals surface area contributed by atoms with Gasteiger partial charge in [0.1, 0.15) is 6.10 Å². The van der Waals surface area contributed by atoms with Gasteiger partial charge >= 0.3 is 0 Å². The van der Waals surface area contributed by atoms with Crippen molar-refractivity contribution in [1.29, 1.82) is 0 Å². The van der Waals surface area contributed by atoms with Crippen molar-refractivity contribution in [3.05, 3.63) is 35.2 Å². The van der Waals surface area contributed by atoms with E-state index in [1.165, 1.54) is 0 Å². The molecule has 2 aliphatic rings. The van der Waals surface area contributed by atoms with Crippen molar-refractivity contribution in [3.8, 4) is 0 Å². The van der Waals surface area contributed by atoms with E-state index in [9.17, 15) is 9.59 Å². The number of ether oxygens (including phenoxy) is 1. The second-order valence-corrected chi connectivity index (χ2v) is 7.67. The molecule has 1 unspecified atom stereocenters. The largest absolute Gasteiger partial charge is 0.368 e. The van der Waals surface area contributed by atoms with Crippen molar-refractivity contribution in [2.45, 2.75) is 51.7 Å². The van der Waals surface area contributed by atoms with Crippen LogP contribution in [0.25, 0.3) is 11.0 Å². The van der Waals surface area contributed by atoms with Gasteiger partial charge < -0.3 is 15.0 Å². The van der Waals surface area contributed by atoms with Crippen LogP contribution in [0.4, 0.5) is 0 Å². The van der Waals surface area contributed by atoms with Crippen LogP contribution < -0.4 is 5.32 Å². The maximum Gasteiger partial charge on any atom is 0.251 e. The Labute approximate surface area is 164 Å². The standard InChI is InChI=1S/C21H26N4O3/c1-13-14(2)23-18-12-15(5-6-17(18)22-13)20(26)24-16-7-9-25(10-8-16)21(27)19-4-3-11-28-19/h5-6,12,16,19H,3-4,7-11H2,1-2H3,(H,24,26). The Morgan fingerprint density at radius 3 is 2.46 bits per heavy atom. The summed E-state index contributed by atoms with van der Waals surface area (Å²) in [6, 6.07) is 5.49. The van der Waals surface area contributed by atoms with Crippen LogP contribution in [0, 0.1) is 13.8 Å². The number of piperidine rings is 1. The van der Waals surface area contributed by atoms with Crippen molar-refractivity contribution in [2.75, 3.05) is 19.7 Å². The number of carbonyl (C=O) groups is 2. The average molecular weight is 382 g/mol. The lowest BCUT2D eigenvalue weighted by atomic mass is 10.0. The number of nitrogens with one attached hydrogen (secondary N) is 1. The van der Waals surface area contributed by atoms with E-state index < -0.39 is 0 Å². The predicted octanol–water partition coefficient (Wildman–Crippen LogP) is 2.15. The predicted molar refractivity (Wildman–Crippen MR) is 105 cm³/mol. The molecule has 1 N–H and O–H groups in total. The number of aromatic nitrogens is 2. The number of benzene rings is 1.